The lowest BCUT2D eigenvalue weighted by atomic mass is 9.79. The quantitative estimate of drug-likeness (QED) is 0.846. The second kappa shape index (κ2) is 7.51. The molecule has 132 valence electrons. The van der Waals surface area contributed by atoms with Crippen LogP contribution in [0.5, 0.6) is 0 Å². The van der Waals surface area contributed by atoms with Crippen LogP contribution in [0, 0.1) is 0 Å². The van der Waals surface area contributed by atoms with Gasteiger partial charge in [0.05, 0.1) is 18.9 Å². The average Bonchev–Trinajstić information content (AvgIpc) is 3.07. The summed E-state index contributed by atoms with van der Waals surface area (Å²) in [5.41, 5.74) is 3.04. The number of hydrogen-bond donors (Lipinski definition) is 1. The molecule has 2 aromatic rings. The molecule has 0 aliphatic heterocycles. The van der Waals surface area contributed by atoms with E-state index in [0.717, 1.165) is 19.3 Å². The highest BCUT2D eigenvalue weighted by atomic mass is 16.5. The fourth-order valence-electron chi connectivity index (χ4n) is 3.52. The van der Waals surface area contributed by atoms with Crippen molar-refractivity contribution in [3.05, 3.63) is 53.3 Å². The van der Waals surface area contributed by atoms with Gasteiger partial charge in [-0.25, -0.2) is 4.79 Å². The van der Waals surface area contributed by atoms with Gasteiger partial charge in [-0.15, -0.1) is 0 Å². The van der Waals surface area contributed by atoms with E-state index in [2.05, 4.69) is 22.5 Å². The van der Waals surface area contributed by atoms with E-state index < -0.39 is 12.0 Å². The number of aromatic nitrogens is 2. The molecule has 1 heterocycles. The Labute approximate surface area is 147 Å². The molecule has 0 unspecified atom stereocenters. The maximum atomic E-state index is 12.4. The van der Waals surface area contributed by atoms with Gasteiger partial charge in [-0.05, 0) is 42.7 Å². The SMILES string of the molecule is COC(=O)[C@H](C[C@H]1CCCc2ccccc21)NC(=O)c1cnn(C)c1. The molecule has 3 rings (SSSR count). The predicted molar refractivity (Wildman–Crippen MR) is 93.2 cm³/mol. The van der Waals surface area contributed by atoms with Gasteiger partial charge in [0, 0.05) is 13.2 Å². The number of benzene rings is 1. The van der Waals surface area contributed by atoms with Crippen molar-refractivity contribution in [1.29, 1.82) is 0 Å². The molecule has 1 aliphatic carbocycles. The molecule has 0 bridgehead atoms. The first kappa shape index (κ1) is 17.2. The minimum Gasteiger partial charge on any atom is -0.467 e. The average molecular weight is 341 g/mol. The maximum Gasteiger partial charge on any atom is 0.328 e. The second-order valence-electron chi connectivity index (χ2n) is 6.48. The first-order valence-electron chi connectivity index (χ1n) is 8.53. The van der Waals surface area contributed by atoms with Crippen LogP contribution in [0.15, 0.2) is 36.7 Å². The van der Waals surface area contributed by atoms with E-state index in [-0.39, 0.29) is 11.8 Å². The Bertz CT molecular complexity index is 769. The highest BCUT2D eigenvalue weighted by Gasteiger charge is 2.29. The summed E-state index contributed by atoms with van der Waals surface area (Å²) in [5, 5.41) is 6.80. The van der Waals surface area contributed by atoms with Crippen molar-refractivity contribution in [2.75, 3.05) is 7.11 Å². The molecule has 6 heteroatoms. The van der Waals surface area contributed by atoms with Crippen LogP contribution in [0.3, 0.4) is 0 Å². The molecule has 0 radical (unpaired) electrons. The van der Waals surface area contributed by atoms with E-state index in [1.54, 1.807) is 17.9 Å². The first-order valence-corrected chi connectivity index (χ1v) is 8.53. The second-order valence-corrected chi connectivity index (χ2v) is 6.48. The number of nitrogens with zero attached hydrogens (tertiary/aromatic N) is 2. The smallest absolute Gasteiger partial charge is 0.328 e. The number of carbonyl (C=O) groups is 2. The van der Waals surface area contributed by atoms with Crippen molar-refractivity contribution in [1.82, 2.24) is 15.1 Å². The van der Waals surface area contributed by atoms with Crippen molar-refractivity contribution >= 4 is 11.9 Å². The van der Waals surface area contributed by atoms with E-state index in [9.17, 15) is 9.59 Å². The zero-order chi connectivity index (χ0) is 17.8. The van der Waals surface area contributed by atoms with E-state index in [4.69, 9.17) is 4.74 Å². The van der Waals surface area contributed by atoms with Gasteiger partial charge < -0.3 is 10.1 Å². The topological polar surface area (TPSA) is 73.2 Å². The van der Waals surface area contributed by atoms with Crippen molar-refractivity contribution < 1.29 is 14.3 Å². The highest BCUT2D eigenvalue weighted by Crippen LogP contribution is 2.34. The van der Waals surface area contributed by atoms with Gasteiger partial charge in [0.1, 0.15) is 6.04 Å². The van der Waals surface area contributed by atoms with Gasteiger partial charge in [0.25, 0.3) is 5.91 Å². The summed E-state index contributed by atoms with van der Waals surface area (Å²) in [4.78, 5) is 24.6. The molecule has 0 fully saturated rings. The Morgan fingerprint density at radius 3 is 2.92 bits per heavy atom. The molecule has 2 atom stereocenters. The summed E-state index contributed by atoms with van der Waals surface area (Å²) in [6.45, 7) is 0. The van der Waals surface area contributed by atoms with Gasteiger partial charge in [-0.1, -0.05) is 24.3 Å². The molecule has 6 nitrogen and oxygen atoms in total. The number of nitrogens with one attached hydrogen (secondary N) is 1. The normalized spacial score (nSPS) is 17.4. The number of esters is 1. The Kier molecular flexibility index (Phi) is 5.16. The Hall–Kier alpha value is -2.63. The molecule has 0 saturated carbocycles. The lowest BCUT2D eigenvalue weighted by Crippen LogP contribution is -2.42. The van der Waals surface area contributed by atoms with Gasteiger partial charge in [0.15, 0.2) is 0 Å². The van der Waals surface area contributed by atoms with Gasteiger partial charge in [0.2, 0.25) is 0 Å². The van der Waals surface area contributed by atoms with E-state index in [0.29, 0.717) is 12.0 Å². The molecule has 0 saturated heterocycles. The summed E-state index contributed by atoms with van der Waals surface area (Å²) >= 11 is 0. The van der Waals surface area contributed by atoms with E-state index in [1.165, 1.54) is 24.4 Å². The van der Waals surface area contributed by atoms with Crippen molar-refractivity contribution in [3.8, 4) is 0 Å². The third-order valence-corrected chi connectivity index (χ3v) is 4.77. The predicted octanol–water partition coefficient (Wildman–Crippen LogP) is 2.20. The van der Waals surface area contributed by atoms with Crippen molar-refractivity contribution in [2.45, 2.75) is 37.6 Å². The number of ether oxygens (including phenoxy) is 1. The molecular formula is C19H23N3O3. The standard InChI is InChI=1S/C19H23N3O3/c1-22-12-15(11-20-22)18(23)21-17(19(24)25-2)10-14-8-5-7-13-6-3-4-9-16(13)14/h3-4,6,9,11-12,14,17H,5,7-8,10H2,1-2H3,(H,21,23)/t14-,17+/m1/s1. The van der Waals surface area contributed by atoms with Crippen LogP contribution < -0.4 is 5.32 Å². The van der Waals surface area contributed by atoms with Crippen LogP contribution in [-0.2, 0) is 23.0 Å². The lowest BCUT2D eigenvalue weighted by Gasteiger charge is -2.28. The molecule has 1 amide bonds. The van der Waals surface area contributed by atoms with E-state index >= 15 is 0 Å². The third kappa shape index (κ3) is 3.90. The number of methoxy groups -OCH3 is 1. The van der Waals surface area contributed by atoms with Crippen molar-refractivity contribution in [3.63, 3.8) is 0 Å². The zero-order valence-corrected chi connectivity index (χ0v) is 14.6. The number of carbonyl (C=O) groups excluding carboxylic acids is 2. The monoisotopic (exact) mass is 341 g/mol. The summed E-state index contributed by atoms with van der Waals surface area (Å²) in [6.07, 6.45) is 6.81. The third-order valence-electron chi connectivity index (χ3n) is 4.77. The van der Waals surface area contributed by atoms with Gasteiger partial charge in [-0.3, -0.25) is 9.48 Å². The minimum absolute atomic E-state index is 0.239. The van der Waals surface area contributed by atoms with Crippen LogP contribution in [0.25, 0.3) is 0 Å². The molecule has 1 aliphatic rings. The molecular weight excluding hydrogens is 318 g/mol. The Morgan fingerprint density at radius 2 is 2.20 bits per heavy atom. The number of amides is 1. The number of hydrogen-bond acceptors (Lipinski definition) is 4. The largest absolute Gasteiger partial charge is 0.467 e. The summed E-state index contributed by atoms with van der Waals surface area (Å²) in [5.74, 6) is -0.490. The molecule has 25 heavy (non-hydrogen) atoms. The highest BCUT2D eigenvalue weighted by molar-refractivity contribution is 5.96. The van der Waals surface area contributed by atoms with Gasteiger partial charge >= 0.3 is 5.97 Å². The van der Waals surface area contributed by atoms with E-state index in [1.807, 2.05) is 12.1 Å². The Morgan fingerprint density at radius 1 is 1.40 bits per heavy atom. The van der Waals surface area contributed by atoms with Crippen LogP contribution in [0.4, 0.5) is 0 Å². The maximum absolute atomic E-state index is 12.4. The van der Waals surface area contributed by atoms with Crippen LogP contribution in [-0.4, -0.2) is 34.8 Å². The zero-order valence-electron chi connectivity index (χ0n) is 14.6. The Balaban J connectivity index is 1.76. The van der Waals surface area contributed by atoms with Crippen LogP contribution >= 0.6 is 0 Å². The first-order chi connectivity index (χ1) is 12.1. The summed E-state index contributed by atoms with van der Waals surface area (Å²) in [6, 6.07) is 7.66. The molecule has 1 aromatic heterocycles. The fraction of sp³-hybridized carbons (Fsp3) is 0.421. The van der Waals surface area contributed by atoms with Crippen molar-refractivity contribution in [2.24, 2.45) is 7.05 Å². The van der Waals surface area contributed by atoms with Crippen LogP contribution in [0.2, 0.25) is 0 Å². The van der Waals surface area contributed by atoms with Crippen LogP contribution in [0.1, 0.15) is 46.7 Å². The van der Waals surface area contributed by atoms with Gasteiger partial charge in [-0.2, -0.15) is 5.10 Å². The number of rotatable bonds is 5. The lowest BCUT2D eigenvalue weighted by molar-refractivity contribution is -0.143. The molecule has 1 aromatic carbocycles. The minimum atomic E-state index is -0.672. The summed E-state index contributed by atoms with van der Waals surface area (Å²) in [7, 11) is 3.09. The molecule has 1 N–H and O–H groups in total. The summed E-state index contributed by atoms with van der Waals surface area (Å²) < 4.78 is 6.46. The number of fused-ring (bicyclic) bond motifs is 1. The number of aryl methyl sites for hydroxylation is 2. The molecule has 0 spiro atoms. The fourth-order valence-corrected chi connectivity index (χ4v) is 3.52.